The normalized spacial score (nSPS) is 19.4. The largest absolute Gasteiger partial charge is 0.408 e. The molecule has 4 heterocycles. The first-order chi connectivity index (χ1) is 39.1. The summed E-state index contributed by atoms with van der Waals surface area (Å²) in [7, 11) is 0. The van der Waals surface area contributed by atoms with Crippen molar-refractivity contribution in [3.63, 3.8) is 0 Å². The highest BCUT2D eigenvalue weighted by atomic mass is 19.4. The fourth-order valence-electron chi connectivity index (χ4n) is 11.8. The van der Waals surface area contributed by atoms with Crippen LogP contribution in [0.1, 0.15) is 149 Å². The summed E-state index contributed by atoms with van der Waals surface area (Å²) in [5, 5.41) is 19.5. The molecule has 5 unspecified atom stereocenters. The van der Waals surface area contributed by atoms with Gasteiger partial charge >= 0.3 is 12.9 Å². The minimum Gasteiger partial charge on any atom is -0.342 e. The van der Waals surface area contributed by atoms with Crippen molar-refractivity contribution in [3.05, 3.63) is 95.1 Å². The molecule has 4 saturated carbocycles. The number of nitrogens with zero attached hydrogens (tertiary/aromatic N) is 6. The van der Waals surface area contributed by atoms with Gasteiger partial charge in [0.15, 0.2) is 0 Å². The minimum atomic E-state index is -4.52. The number of benzene rings is 2. The third-order valence-electron chi connectivity index (χ3n) is 16.6. The maximum atomic E-state index is 15.2. The van der Waals surface area contributed by atoms with Gasteiger partial charge in [0.05, 0.1) is 23.2 Å². The smallest absolute Gasteiger partial charge is 0.342 e. The molecule has 0 radical (unpaired) electrons. The maximum absolute atomic E-state index is 15.2. The molecule has 5 atom stereocenters. The number of aromatic nitrogens is 4. The average molecular weight is 1160 g/mol. The van der Waals surface area contributed by atoms with Crippen molar-refractivity contribution in [1.82, 2.24) is 40.0 Å². The standard InChI is InChI=1S/C29H35F4N5O3.C28H36FN5O3.CHF3/c1-3-38-22(12-13-34-38)26(39)36-25(24(17-6-7-17)18-8-9-18)27(40)35-21-11-10-19(15-20(21)30)16(2)28(41)37-14-4-5-23(37)29(31,32)33;1-3-34-23(12-13-30-34)26(35)32-25(24(18-6-7-18)19-8-9-19)27(36)31-22-11-10-20(16-21(22)29)17(2)28(37)33-14-4-5-15-33;2-1(3)4/h10-13,15-18,23-25H,3-9,14H2,1-2H3,(H,35,40)(H,36,39);10-13,16-19,24-25H,3-9,14-15H2,1-2H3,(H,31,36)(H,32,35);1H. The van der Waals surface area contributed by atoms with Crippen molar-refractivity contribution in [1.29, 1.82) is 0 Å². The van der Waals surface area contributed by atoms with Crippen molar-refractivity contribution in [3.8, 4) is 0 Å². The Bertz CT molecular complexity index is 2890. The molecule has 4 aliphatic carbocycles. The molecule has 16 nitrogen and oxygen atoms in total. The van der Waals surface area contributed by atoms with Crippen LogP contribution in [0.15, 0.2) is 60.9 Å². The van der Waals surface area contributed by atoms with E-state index in [0.717, 1.165) is 88.3 Å². The van der Waals surface area contributed by atoms with E-state index < -0.39 is 78.1 Å². The van der Waals surface area contributed by atoms with Crippen molar-refractivity contribution in [2.75, 3.05) is 30.3 Å². The zero-order valence-corrected chi connectivity index (χ0v) is 46.4. The van der Waals surface area contributed by atoms with Gasteiger partial charge < -0.3 is 31.1 Å². The first-order valence-electron chi connectivity index (χ1n) is 28.5. The molecule has 4 N–H and O–H groups in total. The molecule has 0 bridgehead atoms. The number of anilines is 2. The van der Waals surface area contributed by atoms with Gasteiger partial charge in [0.2, 0.25) is 23.6 Å². The van der Waals surface area contributed by atoms with Crippen LogP contribution in [0.25, 0.3) is 0 Å². The van der Waals surface area contributed by atoms with E-state index in [2.05, 4.69) is 31.5 Å². The summed E-state index contributed by atoms with van der Waals surface area (Å²) in [6, 6.07) is 8.11. The van der Waals surface area contributed by atoms with E-state index in [1.165, 1.54) is 42.1 Å². The van der Waals surface area contributed by atoms with Crippen molar-refractivity contribution >= 4 is 46.8 Å². The molecule has 6 amide bonds. The van der Waals surface area contributed by atoms with Crippen LogP contribution in [0.5, 0.6) is 0 Å². The van der Waals surface area contributed by atoms with Crippen LogP contribution >= 0.6 is 0 Å². The number of amides is 6. The summed E-state index contributed by atoms with van der Waals surface area (Å²) in [4.78, 5) is 81.8. The summed E-state index contributed by atoms with van der Waals surface area (Å²) in [6.07, 6.45) is 8.70. The molecule has 2 saturated heterocycles. The van der Waals surface area contributed by atoms with Crippen LogP contribution in [0.2, 0.25) is 0 Å². The number of hydrogen-bond donors (Lipinski definition) is 4. The number of hydrogen-bond acceptors (Lipinski definition) is 8. The monoisotopic (exact) mass is 1160 g/mol. The van der Waals surface area contributed by atoms with Gasteiger partial charge in [0.1, 0.15) is 41.1 Å². The number of aryl methyl sites for hydroxylation is 2. The highest BCUT2D eigenvalue weighted by molar-refractivity contribution is 6.02. The Morgan fingerprint density at radius 2 is 0.963 bits per heavy atom. The zero-order valence-electron chi connectivity index (χ0n) is 46.4. The van der Waals surface area contributed by atoms with Gasteiger partial charge in [-0.05, 0) is 188 Å². The highest BCUT2D eigenvalue weighted by Gasteiger charge is 2.51. The second-order valence-corrected chi connectivity index (χ2v) is 22.4. The van der Waals surface area contributed by atoms with Crippen molar-refractivity contribution in [2.24, 2.45) is 35.5 Å². The molecular formula is C58H72F8N10O6. The number of nitrogens with one attached hydrogen (secondary N) is 4. The zero-order chi connectivity index (χ0) is 59.2. The third kappa shape index (κ3) is 15.2. The van der Waals surface area contributed by atoms with Crippen LogP contribution in [-0.2, 0) is 32.3 Å². The third-order valence-corrected chi connectivity index (χ3v) is 16.6. The summed E-state index contributed by atoms with van der Waals surface area (Å²) in [5.74, 6) is -3.94. The van der Waals surface area contributed by atoms with Gasteiger partial charge in [-0.3, -0.25) is 38.1 Å². The average Bonchev–Trinajstić information content (AvgIpc) is 4.53. The Morgan fingerprint density at radius 1 is 0.573 bits per heavy atom. The maximum Gasteiger partial charge on any atom is 0.408 e. The van der Waals surface area contributed by atoms with Crippen LogP contribution in [0, 0.1) is 47.1 Å². The molecule has 2 aromatic carbocycles. The Hall–Kier alpha value is -6.88. The quantitative estimate of drug-likeness (QED) is 0.0628. The van der Waals surface area contributed by atoms with E-state index in [1.54, 1.807) is 36.0 Å². The number of rotatable bonds is 20. The molecule has 6 fully saturated rings. The van der Waals surface area contributed by atoms with E-state index >= 15 is 8.78 Å². The van der Waals surface area contributed by atoms with Gasteiger partial charge in [-0.15, -0.1) is 0 Å². The lowest BCUT2D eigenvalue weighted by atomic mass is 9.88. The minimum absolute atomic E-state index is 0.000472. The molecule has 6 aliphatic rings. The highest BCUT2D eigenvalue weighted by Crippen LogP contribution is 2.52. The Labute approximate surface area is 470 Å². The van der Waals surface area contributed by atoms with Crippen LogP contribution in [0.3, 0.4) is 0 Å². The van der Waals surface area contributed by atoms with E-state index in [9.17, 15) is 55.1 Å². The first kappa shape index (κ1) is 61.2. The number of likely N-dealkylation sites (tertiary alicyclic amines) is 2. The number of halogens is 8. The Balaban J connectivity index is 0.000000202. The van der Waals surface area contributed by atoms with E-state index in [0.29, 0.717) is 53.7 Å². The SMILES string of the molecule is CCn1nccc1C(=O)NC(C(=O)Nc1ccc(C(C)C(=O)N2CCCC2)cc1F)C(C1CC1)C1CC1.CCn1nccc1C(=O)NC(C(=O)Nc1ccc(C(C)C(=O)N2CCCC2C(F)(F)F)cc1F)C(C1CC1)C1CC1.FC(F)F. The van der Waals surface area contributed by atoms with E-state index in [1.807, 2.05) is 18.7 Å². The second-order valence-electron chi connectivity index (χ2n) is 22.4. The van der Waals surface area contributed by atoms with Crippen LogP contribution < -0.4 is 21.3 Å². The summed E-state index contributed by atoms with van der Waals surface area (Å²) >= 11 is 0. The second kappa shape index (κ2) is 26.6. The topological polar surface area (TPSA) is 193 Å². The van der Waals surface area contributed by atoms with Gasteiger partial charge in [-0.1, -0.05) is 12.1 Å². The molecule has 10 rings (SSSR count). The Morgan fingerprint density at radius 3 is 1.32 bits per heavy atom. The fourth-order valence-corrected chi connectivity index (χ4v) is 11.8. The molecule has 2 aliphatic heterocycles. The van der Waals surface area contributed by atoms with Gasteiger partial charge in [0, 0.05) is 45.1 Å². The molecular weight excluding hydrogens is 1080 g/mol. The molecule has 446 valence electrons. The van der Waals surface area contributed by atoms with Gasteiger partial charge in [0.25, 0.3) is 11.8 Å². The van der Waals surface area contributed by atoms with E-state index in [-0.39, 0.29) is 60.0 Å². The molecule has 0 spiro atoms. The number of carbonyl (C=O) groups is 6. The summed E-state index contributed by atoms with van der Waals surface area (Å²) < 4.78 is 103. The lowest BCUT2D eigenvalue weighted by molar-refractivity contribution is -0.183. The van der Waals surface area contributed by atoms with Crippen LogP contribution in [-0.4, -0.2) is 115 Å². The lowest BCUT2D eigenvalue weighted by Gasteiger charge is -2.29. The summed E-state index contributed by atoms with van der Waals surface area (Å²) in [6.45, 7) is 5.83. The Kier molecular flexibility index (Phi) is 19.8. The lowest BCUT2D eigenvalue weighted by Crippen LogP contribution is -2.50. The van der Waals surface area contributed by atoms with Gasteiger partial charge in [-0.25, -0.2) is 8.78 Å². The molecule has 2 aromatic heterocycles. The molecule has 82 heavy (non-hydrogen) atoms. The number of carbonyl (C=O) groups excluding carboxylic acids is 6. The predicted molar refractivity (Wildman–Crippen MR) is 287 cm³/mol. The molecule has 4 aromatic rings. The summed E-state index contributed by atoms with van der Waals surface area (Å²) in [5.41, 5.74) is 1.45. The molecule has 24 heteroatoms. The van der Waals surface area contributed by atoms with E-state index in [4.69, 9.17) is 0 Å². The van der Waals surface area contributed by atoms with Crippen LogP contribution in [0.4, 0.5) is 46.5 Å². The van der Waals surface area contributed by atoms with Crippen molar-refractivity contribution < 1.29 is 63.9 Å². The van der Waals surface area contributed by atoms with Gasteiger partial charge in [-0.2, -0.15) is 36.5 Å². The number of alkyl halides is 6. The first-order valence-corrected chi connectivity index (χ1v) is 28.5. The fraction of sp³-hybridized carbons (Fsp3) is 0.586. The van der Waals surface area contributed by atoms with Crippen molar-refractivity contribution in [2.45, 2.75) is 161 Å². The predicted octanol–water partition coefficient (Wildman–Crippen LogP) is 9.99.